The number of rotatable bonds is 9. The normalized spacial score (nSPS) is 10.9. The van der Waals surface area contributed by atoms with Crippen LogP contribution in [0.5, 0.6) is 0 Å². The second kappa shape index (κ2) is 9.46. The molecule has 1 heterocycles. The Kier molecular flexibility index (Phi) is 7.31. The lowest BCUT2D eigenvalue weighted by Gasteiger charge is -2.25. The molecule has 2 rings (SSSR count). The fourth-order valence-electron chi connectivity index (χ4n) is 2.37. The van der Waals surface area contributed by atoms with Crippen molar-refractivity contribution in [1.29, 1.82) is 0 Å². The Morgan fingerprint density at radius 1 is 1.32 bits per heavy atom. The van der Waals surface area contributed by atoms with Crippen LogP contribution in [0.3, 0.4) is 0 Å². The van der Waals surface area contributed by atoms with E-state index in [1.165, 1.54) is 23.7 Å². The summed E-state index contributed by atoms with van der Waals surface area (Å²) in [6.07, 6.45) is 1.94. The zero-order valence-corrected chi connectivity index (χ0v) is 15.8. The quantitative estimate of drug-likeness (QED) is 0.741. The third-order valence-corrected chi connectivity index (χ3v) is 4.54. The Bertz CT molecular complexity index is 672. The van der Waals surface area contributed by atoms with Crippen LogP contribution in [0.15, 0.2) is 24.3 Å². The molecule has 1 aromatic heterocycles. The number of amides is 1. The molecule has 2 aromatic rings. The highest BCUT2D eigenvalue weighted by atomic mass is 32.1. The molecule has 7 heteroatoms. The smallest absolute Gasteiger partial charge is 0.221 e. The summed E-state index contributed by atoms with van der Waals surface area (Å²) in [6.45, 7) is 7.50. The summed E-state index contributed by atoms with van der Waals surface area (Å²) < 4.78 is 17.4. The van der Waals surface area contributed by atoms with Gasteiger partial charge >= 0.3 is 0 Å². The third kappa shape index (κ3) is 6.08. The third-order valence-electron chi connectivity index (χ3n) is 3.75. The molecule has 0 aliphatic rings. The van der Waals surface area contributed by atoms with Crippen molar-refractivity contribution in [3.8, 4) is 0 Å². The van der Waals surface area contributed by atoms with Crippen LogP contribution < -0.4 is 10.2 Å². The molecule has 5 nitrogen and oxygen atoms in total. The number of carbonyl (C=O) groups is 1. The molecule has 0 atom stereocenters. The fourth-order valence-corrected chi connectivity index (χ4v) is 3.21. The average Bonchev–Trinajstić information content (AvgIpc) is 3.03. The van der Waals surface area contributed by atoms with Gasteiger partial charge in [-0.05, 0) is 38.0 Å². The molecule has 0 unspecified atom stereocenters. The molecular formula is C18H25FN4OS. The van der Waals surface area contributed by atoms with E-state index in [1.807, 2.05) is 6.92 Å². The summed E-state index contributed by atoms with van der Waals surface area (Å²) in [4.78, 5) is 18.5. The number of benzene rings is 1. The Hall–Kier alpha value is -2.02. The van der Waals surface area contributed by atoms with Crippen LogP contribution in [0.4, 0.5) is 9.52 Å². The highest BCUT2D eigenvalue weighted by Gasteiger charge is 2.17. The minimum Gasteiger partial charge on any atom is -0.356 e. The lowest BCUT2D eigenvalue weighted by molar-refractivity contribution is -0.120. The Balaban J connectivity index is 1.98. The maximum Gasteiger partial charge on any atom is 0.221 e. The van der Waals surface area contributed by atoms with Crippen molar-refractivity contribution < 1.29 is 9.18 Å². The van der Waals surface area contributed by atoms with E-state index in [0.717, 1.165) is 17.1 Å². The number of nitrogens with one attached hydrogen (secondary N) is 1. The van der Waals surface area contributed by atoms with E-state index in [2.05, 4.69) is 33.4 Å². The molecule has 0 fully saturated rings. The van der Waals surface area contributed by atoms with Crippen molar-refractivity contribution in [1.82, 2.24) is 14.7 Å². The van der Waals surface area contributed by atoms with Crippen molar-refractivity contribution in [2.24, 2.45) is 0 Å². The van der Waals surface area contributed by atoms with Crippen LogP contribution in [0.1, 0.15) is 45.0 Å². The molecule has 1 N–H and O–H groups in total. The number of halogens is 1. The number of anilines is 1. The first-order chi connectivity index (χ1) is 12.0. The van der Waals surface area contributed by atoms with Crippen molar-refractivity contribution in [3.63, 3.8) is 0 Å². The van der Waals surface area contributed by atoms with Gasteiger partial charge in [0.1, 0.15) is 11.6 Å². The number of nitrogens with zero attached hydrogens (tertiary/aromatic N) is 3. The zero-order chi connectivity index (χ0) is 18.2. The van der Waals surface area contributed by atoms with Gasteiger partial charge in [-0.25, -0.2) is 9.37 Å². The molecule has 0 radical (unpaired) electrons. The molecule has 0 aliphatic carbocycles. The van der Waals surface area contributed by atoms with Gasteiger partial charge in [0, 0.05) is 43.5 Å². The van der Waals surface area contributed by atoms with Crippen molar-refractivity contribution >= 4 is 22.6 Å². The summed E-state index contributed by atoms with van der Waals surface area (Å²) in [5, 5.41) is 3.71. The first kappa shape index (κ1) is 19.3. The van der Waals surface area contributed by atoms with Crippen LogP contribution in [-0.4, -0.2) is 34.4 Å². The summed E-state index contributed by atoms with van der Waals surface area (Å²) in [7, 11) is 0. The van der Waals surface area contributed by atoms with Gasteiger partial charge < -0.3 is 10.2 Å². The maximum atomic E-state index is 13.0. The monoisotopic (exact) mass is 364 g/mol. The van der Waals surface area contributed by atoms with E-state index < -0.39 is 0 Å². The van der Waals surface area contributed by atoms with Crippen molar-refractivity contribution in [2.45, 2.75) is 46.1 Å². The molecule has 0 spiro atoms. The van der Waals surface area contributed by atoms with Gasteiger partial charge in [-0.2, -0.15) is 4.37 Å². The second-order valence-electron chi connectivity index (χ2n) is 6.18. The highest BCUT2D eigenvalue weighted by molar-refractivity contribution is 7.09. The number of hydrogen-bond donors (Lipinski definition) is 1. The van der Waals surface area contributed by atoms with Crippen LogP contribution in [-0.2, 0) is 11.2 Å². The standard InChI is InChI=1S/C18H25FN4OS/c1-4-10-20-17(24)9-11-23(13(2)3)18-21-16(22-25-18)12-14-5-7-15(19)8-6-14/h5-8,13H,4,9-12H2,1-3H3,(H,20,24). The molecule has 1 aromatic carbocycles. The zero-order valence-electron chi connectivity index (χ0n) is 15.0. The van der Waals surface area contributed by atoms with E-state index in [-0.39, 0.29) is 17.8 Å². The lowest BCUT2D eigenvalue weighted by Crippen LogP contribution is -2.35. The maximum absolute atomic E-state index is 13.0. The fraction of sp³-hybridized carbons (Fsp3) is 0.500. The predicted molar refractivity (Wildman–Crippen MR) is 99.5 cm³/mol. The summed E-state index contributed by atoms with van der Waals surface area (Å²) >= 11 is 1.34. The number of hydrogen-bond acceptors (Lipinski definition) is 5. The number of aromatic nitrogens is 2. The van der Waals surface area contributed by atoms with E-state index in [4.69, 9.17) is 0 Å². The summed E-state index contributed by atoms with van der Waals surface area (Å²) in [5.41, 5.74) is 0.973. The van der Waals surface area contributed by atoms with Gasteiger partial charge in [0.05, 0.1) is 0 Å². The molecule has 0 saturated carbocycles. The average molecular weight is 364 g/mol. The molecule has 0 aliphatic heterocycles. The molecule has 0 bridgehead atoms. The van der Waals surface area contributed by atoms with Gasteiger partial charge in [-0.3, -0.25) is 4.79 Å². The first-order valence-corrected chi connectivity index (χ1v) is 9.37. The van der Waals surface area contributed by atoms with E-state index >= 15 is 0 Å². The van der Waals surface area contributed by atoms with Gasteiger partial charge in [-0.1, -0.05) is 19.1 Å². The Morgan fingerprint density at radius 2 is 2.04 bits per heavy atom. The molecule has 0 saturated heterocycles. The number of carbonyl (C=O) groups excluding carboxylic acids is 1. The predicted octanol–water partition coefficient (Wildman–Crippen LogP) is 3.40. The van der Waals surface area contributed by atoms with E-state index in [0.29, 0.717) is 31.8 Å². The van der Waals surface area contributed by atoms with Crippen LogP contribution >= 0.6 is 11.5 Å². The van der Waals surface area contributed by atoms with Gasteiger partial charge in [-0.15, -0.1) is 0 Å². The second-order valence-corrected chi connectivity index (χ2v) is 6.91. The molecular weight excluding hydrogens is 339 g/mol. The highest BCUT2D eigenvalue weighted by Crippen LogP contribution is 2.21. The minimum atomic E-state index is -0.247. The van der Waals surface area contributed by atoms with Gasteiger partial charge in [0.15, 0.2) is 0 Å². The molecule has 25 heavy (non-hydrogen) atoms. The van der Waals surface area contributed by atoms with Crippen molar-refractivity contribution in [2.75, 3.05) is 18.0 Å². The lowest BCUT2D eigenvalue weighted by atomic mass is 10.1. The van der Waals surface area contributed by atoms with E-state index in [1.54, 1.807) is 12.1 Å². The van der Waals surface area contributed by atoms with Gasteiger partial charge in [0.25, 0.3) is 0 Å². The molecule has 136 valence electrons. The van der Waals surface area contributed by atoms with Crippen LogP contribution in [0.2, 0.25) is 0 Å². The SMILES string of the molecule is CCCNC(=O)CCN(c1nc(Cc2ccc(F)cc2)ns1)C(C)C. The largest absolute Gasteiger partial charge is 0.356 e. The topological polar surface area (TPSA) is 58.1 Å². The van der Waals surface area contributed by atoms with Crippen LogP contribution in [0, 0.1) is 5.82 Å². The van der Waals surface area contributed by atoms with Gasteiger partial charge in [0.2, 0.25) is 11.0 Å². The van der Waals surface area contributed by atoms with E-state index in [9.17, 15) is 9.18 Å². The van der Waals surface area contributed by atoms with Crippen molar-refractivity contribution in [3.05, 3.63) is 41.5 Å². The Labute approximate surface area is 152 Å². The minimum absolute atomic E-state index is 0.0588. The summed E-state index contributed by atoms with van der Waals surface area (Å²) in [5.74, 6) is 0.527. The molecule has 1 amide bonds. The Morgan fingerprint density at radius 3 is 2.68 bits per heavy atom. The first-order valence-electron chi connectivity index (χ1n) is 8.60. The van der Waals surface area contributed by atoms with Crippen LogP contribution in [0.25, 0.3) is 0 Å². The summed E-state index contributed by atoms with van der Waals surface area (Å²) in [6, 6.07) is 6.60.